The van der Waals surface area contributed by atoms with Crippen LogP contribution in [0.2, 0.25) is 0 Å². The van der Waals surface area contributed by atoms with Gasteiger partial charge in [-0.1, -0.05) is 11.2 Å². The maximum Gasteiger partial charge on any atom is 0.257 e. The molecule has 0 saturated carbocycles. The number of rotatable bonds is 4. The minimum absolute atomic E-state index is 0.000553. The zero-order chi connectivity index (χ0) is 20.5. The number of aryl methyl sites for hydroxylation is 1. The van der Waals surface area contributed by atoms with Gasteiger partial charge in [-0.25, -0.2) is 0 Å². The van der Waals surface area contributed by atoms with Crippen molar-refractivity contribution >= 4 is 5.91 Å². The number of hydrogen-bond acceptors (Lipinski definition) is 7. The summed E-state index contributed by atoms with van der Waals surface area (Å²) in [5, 5.41) is 4.15. The van der Waals surface area contributed by atoms with E-state index in [-0.39, 0.29) is 17.7 Å². The second-order valence-electron chi connectivity index (χ2n) is 7.29. The number of furan rings is 1. The van der Waals surface area contributed by atoms with Crippen LogP contribution in [0.4, 0.5) is 0 Å². The minimum atomic E-state index is -0.131. The summed E-state index contributed by atoms with van der Waals surface area (Å²) < 4.78 is 11.0. The molecule has 0 aromatic carbocycles. The first-order valence-electron chi connectivity index (χ1n) is 9.68. The van der Waals surface area contributed by atoms with E-state index in [2.05, 4.69) is 20.1 Å². The number of likely N-dealkylation sites (tertiary alicyclic amines) is 1. The summed E-state index contributed by atoms with van der Waals surface area (Å²) in [5.41, 5.74) is 2.44. The largest absolute Gasteiger partial charge is 0.469 e. The summed E-state index contributed by atoms with van der Waals surface area (Å²) in [6, 6.07) is 9.28. The van der Waals surface area contributed by atoms with Gasteiger partial charge in [-0.05, 0) is 36.8 Å². The lowest BCUT2D eigenvalue weighted by atomic mass is 9.90. The number of carbonyl (C=O) groups is 1. The van der Waals surface area contributed by atoms with E-state index in [0.29, 0.717) is 36.1 Å². The van der Waals surface area contributed by atoms with Crippen molar-refractivity contribution in [2.45, 2.75) is 18.8 Å². The smallest absolute Gasteiger partial charge is 0.257 e. The van der Waals surface area contributed by atoms with Gasteiger partial charge >= 0.3 is 0 Å². The van der Waals surface area contributed by atoms with Crippen LogP contribution in [0.15, 0.2) is 70.3 Å². The number of pyridine rings is 2. The van der Waals surface area contributed by atoms with Gasteiger partial charge in [0.1, 0.15) is 5.76 Å². The van der Waals surface area contributed by atoms with E-state index in [4.69, 9.17) is 8.94 Å². The molecule has 1 fully saturated rings. The Kier molecular flexibility index (Phi) is 4.59. The van der Waals surface area contributed by atoms with Gasteiger partial charge in [-0.15, -0.1) is 0 Å². The fourth-order valence-electron chi connectivity index (χ4n) is 3.93. The Labute approximate surface area is 172 Å². The Morgan fingerprint density at radius 1 is 1.07 bits per heavy atom. The molecule has 0 aliphatic carbocycles. The number of aromatic nitrogens is 4. The monoisotopic (exact) mass is 401 g/mol. The van der Waals surface area contributed by atoms with Crippen LogP contribution < -0.4 is 0 Å². The number of nitrogens with zero attached hydrogens (tertiary/aromatic N) is 5. The van der Waals surface area contributed by atoms with E-state index in [1.54, 1.807) is 31.6 Å². The average molecular weight is 401 g/mol. The highest BCUT2D eigenvalue weighted by Gasteiger charge is 2.41. The van der Waals surface area contributed by atoms with Crippen LogP contribution in [0.3, 0.4) is 0 Å². The standard InChI is InChI=1S/C22H19N5O3/c1-14-17(6-10-29-14)22(28)27-12-18(16-3-2-7-24-11-16)19(13-27)21-25-20(26-30-21)15-4-8-23-9-5-15/h2-11,18-19H,12-13H2,1H3/t18-,19+/m0/s1. The van der Waals surface area contributed by atoms with Gasteiger partial charge in [-0.3, -0.25) is 14.8 Å². The van der Waals surface area contributed by atoms with Crippen LogP contribution in [0.25, 0.3) is 11.4 Å². The third kappa shape index (κ3) is 3.26. The molecule has 0 unspecified atom stereocenters. The van der Waals surface area contributed by atoms with Crippen molar-refractivity contribution in [3.8, 4) is 11.4 Å². The summed E-state index contributed by atoms with van der Waals surface area (Å²) in [6.07, 6.45) is 8.47. The van der Waals surface area contributed by atoms with E-state index in [1.165, 1.54) is 6.26 Å². The normalized spacial score (nSPS) is 18.6. The molecule has 4 aromatic rings. The van der Waals surface area contributed by atoms with Gasteiger partial charge < -0.3 is 13.8 Å². The molecule has 8 heteroatoms. The summed E-state index contributed by atoms with van der Waals surface area (Å²) in [4.78, 5) is 27.8. The molecule has 0 spiro atoms. The molecule has 1 aliphatic heterocycles. The molecule has 8 nitrogen and oxygen atoms in total. The first-order valence-corrected chi connectivity index (χ1v) is 9.68. The van der Waals surface area contributed by atoms with Gasteiger partial charge in [-0.2, -0.15) is 4.98 Å². The van der Waals surface area contributed by atoms with Crippen molar-refractivity contribution < 1.29 is 13.7 Å². The summed E-state index contributed by atoms with van der Waals surface area (Å²) in [6.45, 7) is 2.80. The Morgan fingerprint density at radius 3 is 2.63 bits per heavy atom. The van der Waals surface area contributed by atoms with Gasteiger partial charge in [0, 0.05) is 49.4 Å². The van der Waals surface area contributed by atoms with Crippen molar-refractivity contribution in [3.05, 3.63) is 84.2 Å². The topological polar surface area (TPSA) is 98.2 Å². The van der Waals surface area contributed by atoms with Crippen LogP contribution in [-0.2, 0) is 0 Å². The Morgan fingerprint density at radius 2 is 1.90 bits per heavy atom. The average Bonchev–Trinajstić information content (AvgIpc) is 3.53. The van der Waals surface area contributed by atoms with Crippen molar-refractivity contribution in [2.24, 2.45) is 0 Å². The molecule has 0 N–H and O–H groups in total. The highest BCUT2D eigenvalue weighted by atomic mass is 16.5. The maximum atomic E-state index is 13.1. The third-order valence-corrected chi connectivity index (χ3v) is 5.51. The van der Waals surface area contributed by atoms with Gasteiger partial charge in [0.2, 0.25) is 11.7 Å². The molecule has 1 amide bonds. The molecule has 1 saturated heterocycles. The second-order valence-corrected chi connectivity index (χ2v) is 7.29. The number of hydrogen-bond donors (Lipinski definition) is 0. The number of carbonyl (C=O) groups excluding carboxylic acids is 1. The van der Waals surface area contributed by atoms with E-state index in [0.717, 1.165) is 11.1 Å². The highest BCUT2D eigenvalue weighted by molar-refractivity contribution is 5.95. The number of amides is 1. The van der Waals surface area contributed by atoms with Crippen LogP contribution in [0.5, 0.6) is 0 Å². The Bertz CT molecular complexity index is 1160. The second kappa shape index (κ2) is 7.55. The first-order chi connectivity index (χ1) is 14.7. The van der Waals surface area contributed by atoms with E-state index < -0.39 is 0 Å². The predicted octanol–water partition coefficient (Wildman–Crippen LogP) is 3.45. The maximum absolute atomic E-state index is 13.1. The highest BCUT2D eigenvalue weighted by Crippen LogP contribution is 2.40. The molecule has 1 aliphatic rings. The summed E-state index contributed by atoms with van der Waals surface area (Å²) >= 11 is 0. The predicted molar refractivity (Wildman–Crippen MR) is 107 cm³/mol. The van der Waals surface area contributed by atoms with Crippen LogP contribution in [0.1, 0.15) is 39.4 Å². The molecule has 2 atom stereocenters. The molecular weight excluding hydrogens is 382 g/mol. The van der Waals surface area contributed by atoms with E-state index in [1.807, 2.05) is 35.4 Å². The molecule has 150 valence electrons. The Hall–Kier alpha value is -3.81. The third-order valence-electron chi connectivity index (χ3n) is 5.51. The van der Waals surface area contributed by atoms with Crippen molar-refractivity contribution in [1.29, 1.82) is 0 Å². The van der Waals surface area contributed by atoms with Crippen molar-refractivity contribution in [2.75, 3.05) is 13.1 Å². The van der Waals surface area contributed by atoms with Gasteiger partial charge in [0.15, 0.2) is 0 Å². The van der Waals surface area contributed by atoms with Crippen molar-refractivity contribution in [1.82, 2.24) is 25.0 Å². The van der Waals surface area contributed by atoms with Crippen LogP contribution in [-0.4, -0.2) is 44.0 Å². The lowest BCUT2D eigenvalue weighted by Gasteiger charge is -2.16. The lowest BCUT2D eigenvalue weighted by Crippen LogP contribution is -2.29. The zero-order valence-corrected chi connectivity index (χ0v) is 16.3. The summed E-state index contributed by atoms with van der Waals surface area (Å²) in [5.74, 6) is 1.43. The van der Waals surface area contributed by atoms with E-state index in [9.17, 15) is 4.79 Å². The van der Waals surface area contributed by atoms with Crippen LogP contribution >= 0.6 is 0 Å². The fourth-order valence-corrected chi connectivity index (χ4v) is 3.93. The molecule has 30 heavy (non-hydrogen) atoms. The molecule has 4 aromatic heterocycles. The molecule has 5 heterocycles. The van der Waals surface area contributed by atoms with Crippen LogP contribution in [0, 0.1) is 6.92 Å². The van der Waals surface area contributed by atoms with Gasteiger partial charge in [0.25, 0.3) is 5.91 Å². The van der Waals surface area contributed by atoms with Crippen molar-refractivity contribution in [3.63, 3.8) is 0 Å². The zero-order valence-electron chi connectivity index (χ0n) is 16.3. The fraction of sp³-hybridized carbons (Fsp3) is 0.227. The van der Waals surface area contributed by atoms with Gasteiger partial charge in [0.05, 0.1) is 17.7 Å². The SMILES string of the molecule is Cc1occc1C(=O)N1C[C@@H](c2cccnc2)[C@H](c2nc(-c3ccncc3)no2)C1. The van der Waals surface area contributed by atoms with E-state index >= 15 is 0 Å². The minimum Gasteiger partial charge on any atom is -0.469 e. The molecule has 5 rings (SSSR count). The quantitative estimate of drug-likeness (QED) is 0.516. The summed E-state index contributed by atoms with van der Waals surface area (Å²) in [7, 11) is 0. The molecule has 0 bridgehead atoms. The Balaban J connectivity index is 1.48. The molecule has 0 radical (unpaired) electrons. The first kappa shape index (κ1) is 18.2. The lowest BCUT2D eigenvalue weighted by molar-refractivity contribution is 0.0786. The molecular formula is C22H19N5O3.